The highest BCUT2D eigenvalue weighted by Gasteiger charge is 2.34. The van der Waals surface area contributed by atoms with Crippen molar-refractivity contribution in [2.45, 2.75) is 10.4 Å². The fourth-order valence-electron chi connectivity index (χ4n) is 3.03. The van der Waals surface area contributed by atoms with Gasteiger partial charge in [-0.25, -0.2) is 14.4 Å². The summed E-state index contributed by atoms with van der Waals surface area (Å²) in [4.78, 5) is 7.85. The molecule has 1 N–H and O–H groups in total. The van der Waals surface area contributed by atoms with Gasteiger partial charge in [0, 0.05) is 16.7 Å². The molecule has 0 aliphatic heterocycles. The molecule has 0 saturated heterocycles. The average Bonchev–Trinajstić information content (AvgIpc) is 3.24. The Balaban J connectivity index is 1.87. The monoisotopic (exact) mass is 480 g/mol. The molecule has 0 bridgehead atoms. The van der Waals surface area contributed by atoms with Crippen molar-refractivity contribution in [1.29, 1.82) is 0 Å². The number of rotatable bonds is 4. The SMILES string of the molecule is O=S(=O)(O)c1sccc1-c1cccc(-c2nc(-c3ccc(F)cc3)cc(C(F)(F)F)n2)c1. The Bertz CT molecular complexity index is 1400. The molecule has 11 heteroatoms. The van der Waals surface area contributed by atoms with E-state index >= 15 is 0 Å². The van der Waals surface area contributed by atoms with E-state index in [0.29, 0.717) is 5.56 Å². The number of benzene rings is 2. The summed E-state index contributed by atoms with van der Waals surface area (Å²) in [6.07, 6.45) is -4.75. The highest BCUT2D eigenvalue weighted by molar-refractivity contribution is 7.88. The molecule has 0 fully saturated rings. The third kappa shape index (κ3) is 4.54. The molecule has 0 saturated carbocycles. The van der Waals surface area contributed by atoms with Gasteiger partial charge in [0.1, 0.15) is 11.5 Å². The Morgan fingerprint density at radius 3 is 2.22 bits per heavy atom. The van der Waals surface area contributed by atoms with Crippen LogP contribution in [0.3, 0.4) is 0 Å². The number of nitrogens with zero attached hydrogens (tertiary/aromatic N) is 2. The van der Waals surface area contributed by atoms with E-state index in [1.807, 2.05) is 0 Å². The first-order valence-corrected chi connectivity index (χ1v) is 11.2. The molecule has 0 spiro atoms. The largest absolute Gasteiger partial charge is 0.433 e. The molecule has 4 rings (SSSR count). The molecule has 0 aliphatic rings. The van der Waals surface area contributed by atoms with Gasteiger partial charge in [-0.3, -0.25) is 4.55 Å². The Morgan fingerprint density at radius 2 is 1.56 bits per heavy atom. The Labute approximate surface area is 183 Å². The zero-order valence-electron chi connectivity index (χ0n) is 15.8. The normalized spacial score (nSPS) is 12.2. The van der Waals surface area contributed by atoms with Crippen LogP contribution in [0.1, 0.15) is 5.69 Å². The van der Waals surface area contributed by atoms with Gasteiger partial charge in [-0.2, -0.15) is 21.6 Å². The van der Waals surface area contributed by atoms with Crippen LogP contribution in [0.2, 0.25) is 0 Å². The van der Waals surface area contributed by atoms with Crippen molar-refractivity contribution < 1.29 is 30.5 Å². The summed E-state index contributed by atoms with van der Waals surface area (Å²) in [5.74, 6) is -0.790. The average molecular weight is 480 g/mol. The minimum atomic E-state index is -4.75. The quantitative estimate of drug-likeness (QED) is 0.289. The summed E-state index contributed by atoms with van der Waals surface area (Å²) in [6, 6.07) is 13.1. The van der Waals surface area contributed by atoms with Crippen LogP contribution in [0.25, 0.3) is 33.8 Å². The standard InChI is InChI=1S/C21H12F4N2O3S2/c22-15-6-4-12(5-7-15)17-11-18(21(23,24)25)27-19(26-17)14-3-1-2-13(10-14)16-8-9-31-20(16)32(28,29)30/h1-11H,(H,28,29,30). The summed E-state index contributed by atoms with van der Waals surface area (Å²) in [5.41, 5.74) is -0.221. The molecule has 0 aliphatic carbocycles. The van der Waals surface area contributed by atoms with Crippen molar-refractivity contribution >= 4 is 21.5 Å². The number of halogens is 4. The molecule has 0 atom stereocenters. The number of aromatic nitrogens is 2. The lowest BCUT2D eigenvalue weighted by molar-refractivity contribution is -0.141. The molecule has 164 valence electrons. The molecular formula is C21H12F4N2O3S2. The first-order chi connectivity index (χ1) is 15.0. The summed E-state index contributed by atoms with van der Waals surface area (Å²) >= 11 is 0.811. The zero-order valence-corrected chi connectivity index (χ0v) is 17.5. The maximum absolute atomic E-state index is 13.5. The van der Waals surface area contributed by atoms with Crippen molar-refractivity contribution in [3.05, 3.63) is 77.6 Å². The first-order valence-electron chi connectivity index (χ1n) is 8.90. The van der Waals surface area contributed by atoms with Crippen LogP contribution in [0.4, 0.5) is 17.6 Å². The number of thiophene rings is 1. The number of hydrogen-bond donors (Lipinski definition) is 1. The van der Waals surface area contributed by atoms with Crippen LogP contribution in [0.15, 0.2) is 70.3 Å². The van der Waals surface area contributed by atoms with Crippen LogP contribution in [0.5, 0.6) is 0 Å². The van der Waals surface area contributed by atoms with Crippen LogP contribution in [-0.4, -0.2) is 22.9 Å². The van der Waals surface area contributed by atoms with Crippen LogP contribution in [0, 0.1) is 5.82 Å². The molecule has 2 heterocycles. The van der Waals surface area contributed by atoms with Crippen molar-refractivity contribution in [2.75, 3.05) is 0 Å². The minimum absolute atomic E-state index is 0.0538. The second kappa shape index (κ2) is 8.08. The zero-order chi connectivity index (χ0) is 23.1. The van der Waals surface area contributed by atoms with Gasteiger partial charge in [0.05, 0.1) is 5.69 Å². The first kappa shape index (κ1) is 22.1. The molecule has 4 aromatic rings. The fraction of sp³-hybridized carbons (Fsp3) is 0.0476. The van der Waals surface area contributed by atoms with Gasteiger partial charge in [0.15, 0.2) is 10.0 Å². The lowest BCUT2D eigenvalue weighted by Gasteiger charge is -2.12. The molecule has 0 radical (unpaired) electrons. The van der Waals surface area contributed by atoms with Crippen molar-refractivity contribution in [2.24, 2.45) is 0 Å². The smallest absolute Gasteiger partial charge is 0.281 e. The summed E-state index contributed by atoms with van der Waals surface area (Å²) in [7, 11) is -4.48. The lowest BCUT2D eigenvalue weighted by Crippen LogP contribution is -2.10. The number of hydrogen-bond acceptors (Lipinski definition) is 5. The molecule has 2 aromatic heterocycles. The van der Waals surface area contributed by atoms with E-state index in [0.717, 1.165) is 29.5 Å². The van der Waals surface area contributed by atoms with Gasteiger partial charge >= 0.3 is 16.3 Å². The third-order valence-electron chi connectivity index (χ3n) is 4.45. The Hall–Kier alpha value is -3.15. The van der Waals surface area contributed by atoms with Crippen molar-refractivity contribution in [3.8, 4) is 33.8 Å². The van der Waals surface area contributed by atoms with E-state index in [-0.39, 0.29) is 32.4 Å². The predicted molar refractivity (Wildman–Crippen MR) is 111 cm³/mol. The summed E-state index contributed by atoms with van der Waals surface area (Å²) in [5, 5.41) is 1.47. The van der Waals surface area contributed by atoms with Gasteiger partial charge in [0.25, 0.3) is 0 Å². The molecule has 0 unspecified atom stereocenters. The van der Waals surface area contributed by atoms with Gasteiger partial charge in [-0.1, -0.05) is 18.2 Å². The van der Waals surface area contributed by atoms with Crippen molar-refractivity contribution in [1.82, 2.24) is 9.97 Å². The molecule has 2 aromatic carbocycles. The van der Waals surface area contributed by atoms with E-state index in [4.69, 9.17) is 0 Å². The molecular weight excluding hydrogens is 468 g/mol. The number of alkyl halides is 3. The molecule has 32 heavy (non-hydrogen) atoms. The van der Waals surface area contributed by atoms with E-state index in [9.17, 15) is 30.5 Å². The minimum Gasteiger partial charge on any atom is -0.281 e. The van der Waals surface area contributed by atoms with Gasteiger partial charge in [0.2, 0.25) is 0 Å². The topological polar surface area (TPSA) is 80.2 Å². The highest BCUT2D eigenvalue weighted by Crippen LogP contribution is 2.35. The molecule has 5 nitrogen and oxygen atoms in total. The fourth-order valence-corrected chi connectivity index (χ4v) is 4.78. The third-order valence-corrected chi connectivity index (χ3v) is 6.77. The van der Waals surface area contributed by atoms with Crippen LogP contribution in [-0.2, 0) is 16.3 Å². The van der Waals surface area contributed by atoms with E-state index < -0.39 is 27.8 Å². The second-order valence-electron chi connectivity index (χ2n) is 6.64. The maximum atomic E-state index is 13.5. The van der Waals surface area contributed by atoms with Crippen LogP contribution < -0.4 is 0 Å². The Morgan fingerprint density at radius 1 is 0.875 bits per heavy atom. The van der Waals surface area contributed by atoms with Gasteiger partial charge in [-0.05, 0) is 53.4 Å². The highest BCUT2D eigenvalue weighted by atomic mass is 32.3. The van der Waals surface area contributed by atoms with Crippen LogP contribution >= 0.6 is 11.3 Å². The Kier molecular flexibility index (Phi) is 5.57. The summed E-state index contributed by atoms with van der Waals surface area (Å²) < 4.78 is 86.1. The molecule has 0 amide bonds. The van der Waals surface area contributed by atoms with E-state index in [1.54, 1.807) is 6.07 Å². The van der Waals surface area contributed by atoms with Gasteiger partial charge < -0.3 is 0 Å². The predicted octanol–water partition coefficient (Wildman–Crippen LogP) is 5.94. The summed E-state index contributed by atoms with van der Waals surface area (Å²) in [6.45, 7) is 0. The van der Waals surface area contributed by atoms with E-state index in [2.05, 4.69) is 9.97 Å². The maximum Gasteiger partial charge on any atom is 0.433 e. The van der Waals surface area contributed by atoms with E-state index in [1.165, 1.54) is 41.8 Å². The van der Waals surface area contributed by atoms with Crippen molar-refractivity contribution in [3.63, 3.8) is 0 Å². The van der Waals surface area contributed by atoms with Gasteiger partial charge in [-0.15, -0.1) is 11.3 Å². The lowest BCUT2D eigenvalue weighted by atomic mass is 10.0. The second-order valence-corrected chi connectivity index (χ2v) is 9.18.